The molecule has 0 aromatic heterocycles. The Morgan fingerprint density at radius 1 is 1.10 bits per heavy atom. The Morgan fingerprint density at radius 3 is 2.53 bits per heavy atom. The normalized spacial score (nSPS) is 11.8. The lowest BCUT2D eigenvalue weighted by Gasteiger charge is -2.12. The van der Waals surface area contributed by atoms with Crippen molar-refractivity contribution in [1.29, 1.82) is 0 Å². The van der Waals surface area contributed by atoms with Gasteiger partial charge in [0.05, 0.1) is 25.2 Å². The van der Waals surface area contributed by atoms with Gasteiger partial charge in [0.25, 0.3) is 0 Å². The minimum absolute atomic E-state index is 0.358. The van der Waals surface area contributed by atoms with Crippen LogP contribution in [0.2, 0.25) is 0 Å². The predicted octanol–water partition coefficient (Wildman–Crippen LogP) is 2.93. The van der Waals surface area contributed by atoms with Gasteiger partial charge in [-0.1, -0.05) is 18.2 Å². The first-order valence-corrected chi connectivity index (χ1v) is 11.8. The summed E-state index contributed by atoms with van der Waals surface area (Å²) < 4.78 is 34.4. The second-order valence-electron chi connectivity index (χ2n) is 6.87. The van der Waals surface area contributed by atoms with E-state index in [2.05, 4.69) is 15.6 Å². The van der Waals surface area contributed by atoms with Gasteiger partial charge in [-0.2, -0.15) is 0 Å². The highest BCUT2D eigenvalue weighted by Crippen LogP contribution is 2.19. The molecule has 2 rings (SSSR count). The maximum atomic E-state index is 11.7. The summed E-state index contributed by atoms with van der Waals surface area (Å²) in [6.45, 7) is 6.30. The number of hydrogen-bond acceptors (Lipinski definition) is 5. The lowest BCUT2D eigenvalue weighted by molar-refractivity contribution is 0.308. The molecule has 0 aliphatic heterocycles. The van der Waals surface area contributed by atoms with Gasteiger partial charge in [0, 0.05) is 25.4 Å². The van der Waals surface area contributed by atoms with Crippen LogP contribution in [0.15, 0.2) is 52.4 Å². The Labute approximate surface area is 179 Å². The highest BCUT2D eigenvalue weighted by molar-refractivity contribution is 7.90. The molecule has 0 unspecified atom stereocenters. The summed E-state index contributed by atoms with van der Waals surface area (Å²) >= 11 is 0. The van der Waals surface area contributed by atoms with Crippen molar-refractivity contribution in [2.45, 2.75) is 31.7 Å². The summed E-state index contributed by atoms with van der Waals surface area (Å²) in [6.07, 6.45) is 2.03. The van der Waals surface area contributed by atoms with Crippen LogP contribution in [-0.4, -0.2) is 47.4 Å². The topological polar surface area (TPSA) is 89.0 Å². The van der Waals surface area contributed by atoms with Crippen LogP contribution >= 0.6 is 0 Å². The predicted molar refractivity (Wildman–Crippen MR) is 120 cm³/mol. The van der Waals surface area contributed by atoms with Crippen molar-refractivity contribution in [2.24, 2.45) is 4.99 Å². The Hall–Kier alpha value is -2.74. The lowest BCUT2D eigenvalue weighted by atomic mass is 10.1. The summed E-state index contributed by atoms with van der Waals surface area (Å²) in [6, 6.07) is 12.8. The second kappa shape index (κ2) is 11.4. The molecule has 0 aliphatic carbocycles. The van der Waals surface area contributed by atoms with Gasteiger partial charge < -0.3 is 20.1 Å². The number of methoxy groups -OCH3 is 1. The number of guanidine groups is 1. The molecule has 2 aromatic rings. The number of hydrogen-bond donors (Lipinski definition) is 2. The van der Waals surface area contributed by atoms with Crippen molar-refractivity contribution < 1.29 is 17.9 Å². The zero-order chi connectivity index (χ0) is 22.0. The summed E-state index contributed by atoms with van der Waals surface area (Å²) in [4.78, 5) is 4.94. The number of aliphatic imine (C=N–C) groups is 1. The number of nitrogens with one attached hydrogen (secondary N) is 2. The molecule has 0 bridgehead atoms. The Kier molecular flexibility index (Phi) is 8.98. The SMILES string of the molecule is CCNC(=NCc1ccc(S(C)(=O)=O)c(C)c1)NCCCOc1cccc(OC)c1. The van der Waals surface area contributed by atoms with Crippen LogP contribution in [0.4, 0.5) is 0 Å². The zero-order valence-corrected chi connectivity index (χ0v) is 18.9. The maximum absolute atomic E-state index is 11.7. The fourth-order valence-electron chi connectivity index (χ4n) is 2.90. The monoisotopic (exact) mass is 433 g/mol. The quantitative estimate of drug-likeness (QED) is 0.340. The Morgan fingerprint density at radius 2 is 1.87 bits per heavy atom. The molecular weight excluding hydrogens is 402 g/mol. The molecule has 0 saturated carbocycles. The van der Waals surface area contributed by atoms with Gasteiger partial charge in [0.1, 0.15) is 11.5 Å². The van der Waals surface area contributed by atoms with E-state index in [1.807, 2.05) is 37.3 Å². The van der Waals surface area contributed by atoms with Crippen LogP contribution < -0.4 is 20.1 Å². The van der Waals surface area contributed by atoms with Gasteiger partial charge in [-0.3, -0.25) is 0 Å². The minimum atomic E-state index is -3.21. The molecule has 0 amide bonds. The first-order valence-electron chi connectivity index (χ1n) is 9.92. The zero-order valence-electron chi connectivity index (χ0n) is 18.1. The van der Waals surface area contributed by atoms with Crippen LogP contribution in [0.3, 0.4) is 0 Å². The summed E-state index contributed by atoms with van der Waals surface area (Å²) in [5, 5.41) is 6.50. The van der Waals surface area contributed by atoms with Crippen molar-refractivity contribution in [1.82, 2.24) is 10.6 Å². The highest BCUT2D eigenvalue weighted by atomic mass is 32.2. The summed E-state index contributed by atoms with van der Waals surface area (Å²) in [7, 11) is -1.58. The number of nitrogens with zero attached hydrogens (tertiary/aromatic N) is 1. The van der Waals surface area contributed by atoms with Crippen LogP contribution in [0, 0.1) is 6.92 Å². The van der Waals surface area contributed by atoms with E-state index in [0.29, 0.717) is 30.6 Å². The molecule has 164 valence electrons. The first-order chi connectivity index (χ1) is 14.3. The molecule has 30 heavy (non-hydrogen) atoms. The largest absolute Gasteiger partial charge is 0.497 e. The second-order valence-corrected chi connectivity index (χ2v) is 8.86. The van der Waals surface area contributed by atoms with E-state index in [9.17, 15) is 8.42 Å². The maximum Gasteiger partial charge on any atom is 0.191 e. The van der Waals surface area contributed by atoms with Crippen molar-refractivity contribution in [2.75, 3.05) is 33.1 Å². The van der Waals surface area contributed by atoms with Crippen LogP contribution in [0.5, 0.6) is 11.5 Å². The first kappa shape index (κ1) is 23.5. The van der Waals surface area contributed by atoms with E-state index < -0.39 is 9.84 Å². The number of rotatable bonds is 10. The molecule has 0 heterocycles. The van der Waals surface area contributed by atoms with Gasteiger partial charge in [-0.15, -0.1) is 0 Å². The van der Waals surface area contributed by atoms with Crippen molar-refractivity contribution in [3.63, 3.8) is 0 Å². The number of benzene rings is 2. The van der Waals surface area contributed by atoms with E-state index >= 15 is 0 Å². The van der Waals surface area contributed by atoms with Crippen molar-refractivity contribution in [3.05, 3.63) is 53.6 Å². The molecule has 7 nitrogen and oxygen atoms in total. The van der Waals surface area contributed by atoms with E-state index in [1.165, 1.54) is 6.26 Å². The molecule has 0 aliphatic rings. The van der Waals surface area contributed by atoms with E-state index in [0.717, 1.165) is 35.6 Å². The minimum Gasteiger partial charge on any atom is -0.497 e. The fourth-order valence-corrected chi connectivity index (χ4v) is 3.86. The Bertz CT molecular complexity index is 959. The van der Waals surface area contributed by atoms with Crippen molar-refractivity contribution in [3.8, 4) is 11.5 Å². The number of ether oxygens (including phenoxy) is 2. The molecule has 0 fully saturated rings. The lowest BCUT2D eigenvalue weighted by Crippen LogP contribution is -2.38. The van der Waals surface area contributed by atoms with Gasteiger partial charge in [0.15, 0.2) is 15.8 Å². The van der Waals surface area contributed by atoms with E-state index in [1.54, 1.807) is 26.2 Å². The van der Waals surface area contributed by atoms with Crippen LogP contribution in [0.1, 0.15) is 24.5 Å². The third kappa shape index (κ3) is 7.59. The smallest absolute Gasteiger partial charge is 0.191 e. The van der Waals surface area contributed by atoms with Gasteiger partial charge in [-0.05, 0) is 49.6 Å². The summed E-state index contributed by atoms with van der Waals surface area (Å²) in [5.41, 5.74) is 1.69. The van der Waals surface area contributed by atoms with Crippen LogP contribution in [0.25, 0.3) is 0 Å². The van der Waals surface area contributed by atoms with Crippen LogP contribution in [-0.2, 0) is 16.4 Å². The van der Waals surface area contributed by atoms with Gasteiger partial charge in [0.2, 0.25) is 0 Å². The third-order valence-electron chi connectivity index (χ3n) is 4.33. The standard InChI is InChI=1S/C22H31N3O4S/c1-5-23-22(24-12-7-13-29-20-9-6-8-19(15-20)28-3)25-16-18-10-11-21(17(2)14-18)30(4,26)27/h6,8-11,14-15H,5,7,12-13,16H2,1-4H3,(H2,23,24,25). The molecule has 8 heteroatoms. The number of aryl methyl sites for hydroxylation is 1. The molecule has 0 radical (unpaired) electrons. The number of sulfone groups is 1. The van der Waals surface area contributed by atoms with E-state index in [4.69, 9.17) is 9.47 Å². The van der Waals surface area contributed by atoms with E-state index in [-0.39, 0.29) is 0 Å². The average Bonchev–Trinajstić information content (AvgIpc) is 2.71. The molecule has 2 N–H and O–H groups in total. The fraction of sp³-hybridized carbons (Fsp3) is 0.409. The Balaban J connectivity index is 1.84. The third-order valence-corrected chi connectivity index (χ3v) is 5.58. The molecular formula is C22H31N3O4S. The summed E-state index contributed by atoms with van der Waals surface area (Å²) in [5.74, 6) is 2.26. The molecule has 0 spiro atoms. The molecule has 0 atom stereocenters. The average molecular weight is 434 g/mol. The van der Waals surface area contributed by atoms with Gasteiger partial charge in [-0.25, -0.2) is 13.4 Å². The molecule has 0 saturated heterocycles. The van der Waals surface area contributed by atoms with Crippen molar-refractivity contribution >= 4 is 15.8 Å². The highest BCUT2D eigenvalue weighted by Gasteiger charge is 2.10. The molecule has 2 aromatic carbocycles. The van der Waals surface area contributed by atoms with Gasteiger partial charge >= 0.3 is 0 Å².